The highest BCUT2D eigenvalue weighted by atomic mass is 32.1. The van der Waals surface area contributed by atoms with Crippen LogP contribution in [0.5, 0.6) is 0 Å². The summed E-state index contributed by atoms with van der Waals surface area (Å²) in [6, 6.07) is 0. The third kappa shape index (κ3) is 5.51. The first kappa shape index (κ1) is 19.8. The van der Waals surface area contributed by atoms with Crippen molar-refractivity contribution in [3.8, 4) is 0 Å². The normalized spacial score (nSPS) is 14.7. The van der Waals surface area contributed by atoms with Gasteiger partial charge >= 0.3 is 0 Å². The summed E-state index contributed by atoms with van der Waals surface area (Å²) >= 11 is 1.78. The topological polar surface area (TPSA) is 80.0 Å². The molecule has 0 amide bonds. The van der Waals surface area contributed by atoms with Crippen molar-refractivity contribution in [2.75, 3.05) is 20.1 Å². The van der Waals surface area contributed by atoms with E-state index in [1.54, 1.807) is 11.3 Å². The van der Waals surface area contributed by atoms with Gasteiger partial charge in [0, 0.05) is 50.8 Å². The Morgan fingerprint density at radius 3 is 2.74 bits per heavy atom. The summed E-state index contributed by atoms with van der Waals surface area (Å²) in [5, 5.41) is 16.7. The van der Waals surface area contributed by atoms with Gasteiger partial charge in [0.1, 0.15) is 11.6 Å². The van der Waals surface area contributed by atoms with Crippen molar-refractivity contribution in [1.29, 1.82) is 0 Å². The van der Waals surface area contributed by atoms with Crippen molar-refractivity contribution < 1.29 is 0 Å². The number of nitrogens with one attached hydrogen (secondary N) is 2. The lowest BCUT2D eigenvalue weighted by Crippen LogP contribution is -2.38. The lowest BCUT2D eigenvalue weighted by atomic mass is 10.2. The Hall–Kier alpha value is -1.96. The highest BCUT2D eigenvalue weighted by Gasteiger charge is 2.14. The Labute approximate surface area is 165 Å². The summed E-state index contributed by atoms with van der Waals surface area (Å²) in [7, 11) is 1.81. The quantitative estimate of drug-likeness (QED) is 0.432. The van der Waals surface area contributed by atoms with Crippen LogP contribution in [0.4, 0.5) is 0 Å². The lowest BCUT2D eigenvalue weighted by Gasteiger charge is -2.11. The zero-order chi connectivity index (χ0) is 19.1. The Morgan fingerprint density at radius 1 is 1.11 bits per heavy atom. The molecule has 2 aromatic rings. The monoisotopic (exact) mass is 389 g/mol. The molecule has 0 fully saturated rings. The number of nitrogens with zero attached hydrogens (tertiary/aromatic N) is 5. The first-order valence-electron chi connectivity index (χ1n) is 9.95. The number of rotatable bonds is 7. The predicted octanol–water partition coefficient (Wildman–Crippen LogP) is 2.42. The molecule has 0 aliphatic carbocycles. The fraction of sp³-hybridized carbons (Fsp3) is 0.684. The highest BCUT2D eigenvalue weighted by Crippen LogP contribution is 2.16. The van der Waals surface area contributed by atoms with Crippen molar-refractivity contribution in [2.24, 2.45) is 4.99 Å². The van der Waals surface area contributed by atoms with Gasteiger partial charge in [-0.1, -0.05) is 6.42 Å². The average Bonchev–Trinajstić information content (AvgIpc) is 3.09. The largest absolute Gasteiger partial charge is 0.356 e. The fourth-order valence-electron chi connectivity index (χ4n) is 3.34. The second-order valence-corrected chi connectivity index (χ2v) is 8.31. The predicted molar refractivity (Wildman–Crippen MR) is 111 cm³/mol. The molecule has 3 heterocycles. The number of aromatic nitrogens is 4. The van der Waals surface area contributed by atoms with Gasteiger partial charge in [-0.3, -0.25) is 4.99 Å². The molecule has 0 aromatic carbocycles. The summed E-state index contributed by atoms with van der Waals surface area (Å²) in [6.45, 7) is 6.97. The number of thiazole rings is 1. The maximum absolute atomic E-state index is 4.58. The third-order valence-electron chi connectivity index (χ3n) is 4.98. The number of hydrogen-bond donors (Lipinski definition) is 2. The molecular formula is C19H31N7S. The first-order chi connectivity index (χ1) is 13.2. The van der Waals surface area contributed by atoms with E-state index in [1.807, 2.05) is 7.05 Å². The first-order valence-corrected chi connectivity index (χ1v) is 10.8. The second-order valence-electron chi connectivity index (χ2n) is 7.02. The minimum Gasteiger partial charge on any atom is -0.356 e. The summed E-state index contributed by atoms with van der Waals surface area (Å²) in [4.78, 5) is 10.2. The molecule has 7 nitrogen and oxygen atoms in total. The molecule has 0 saturated carbocycles. The minimum atomic E-state index is 0.837. The molecule has 1 aliphatic heterocycles. The number of fused-ring (bicyclic) bond motifs is 1. The van der Waals surface area contributed by atoms with E-state index in [1.165, 1.54) is 35.0 Å². The standard InChI is InChI=1S/C19H31N7S/c1-14-15(2)27-18(23-14)10-12-22-19(20-3)21-11-7-9-17-25-24-16-8-5-4-6-13-26(16)17/h4-13H2,1-3H3,(H2,20,21,22). The average molecular weight is 390 g/mol. The van der Waals surface area contributed by atoms with Crippen LogP contribution in [-0.4, -0.2) is 45.8 Å². The Morgan fingerprint density at radius 2 is 1.96 bits per heavy atom. The van der Waals surface area contributed by atoms with Gasteiger partial charge in [0.2, 0.25) is 0 Å². The zero-order valence-corrected chi connectivity index (χ0v) is 17.5. The molecule has 1 aliphatic rings. The lowest BCUT2D eigenvalue weighted by molar-refractivity contribution is 0.594. The van der Waals surface area contributed by atoms with Gasteiger partial charge in [-0.05, 0) is 33.1 Å². The van der Waals surface area contributed by atoms with Crippen molar-refractivity contribution in [2.45, 2.75) is 65.3 Å². The van der Waals surface area contributed by atoms with Crippen LogP contribution in [-0.2, 0) is 25.8 Å². The second kappa shape index (κ2) is 9.82. The van der Waals surface area contributed by atoms with Gasteiger partial charge < -0.3 is 15.2 Å². The molecule has 0 unspecified atom stereocenters. The van der Waals surface area contributed by atoms with Crippen molar-refractivity contribution in [3.05, 3.63) is 27.2 Å². The van der Waals surface area contributed by atoms with E-state index in [0.29, 0.717) is 0 Å². The van der Waals surface area contributed by atoms with Gasteiger partial charge in [0.25, 0.3) is 0 Å². The summed E-state index contributed by atoms with van der Waals surface area (Å²) in [5.41, 5.74) is 1.14. The van der Waals surface area contributed by atoms with E-state index < -0.39 is 0 Å². The molecule has 3 rings (SSSR count). The molecule has 27 heavy (non-hydrogen) atoms. The van der Waals surface area contributed by atoms with Gasteiger partial charge in [-0.2, -0.15) is 0 Å². The maximum Gasteiger partial charge on any atom is 0.190 e. The molecular weight excluding hydrogens is 358 g/mol. The van der Waals surface area contributed by atoms with Crippen LogP contribution in [0.2, 0.25) is 0 Å². The van der Waals surface area contributed by atoms with Gasteiger partial charge in [0.15, 0.2) is 5.96 Å². The smallest absolute Gasteiger partial charge is 0.190 e. The Bertz CT molecular complexity index is 743. The van der Waals surface area contributed by atoms with E-state index >= 15 is 0 Å². The van der Waals surface area contributed by atoms with Crippen LogP contribution in [0, 0.1) is 13.8 Å². The molecule has 0 spiro atoms. The van der Waals surface area contributed by atoms with Crippen LogP contribution < -0.4 is 10.6 Å². The van der Waals surface area contributed by atoms with Crippen LogP contribution in [0.15, 0.2) is 4.99 Å². The van der Waals surface area contributed by atoms with E-state index in [2.05, 4.69) is 49.2 Å². The molecule has 148 valence electrons. The fourth-order valence-corrected chi connectivity index (χ4v) is 4.27. The van der Waals surface area contributed by atoms with Gasteiger partial charge in [-0.25, -0.2) is 4.98 Å². The molecule has 0 bridgehead atoms. The van der Waals surface area contributed by atoms with E-state index in [9.17, 15) is 0 Å². The zero-order valence-electron chi connectivity index (χ0n) is 16.7. The Kier molecular flexibility index (Phi) is 7.20. The third-order valence-corrected chi connectivity index (χ3v) is 6.12. The molecule has 0 atom stereocenters. The van der Waals surface area contributed by atoms with Crippen molar-refractivity contribution >= 4 is 17.3 Å². The molecule has 2 N–H and O–H groups in total. The van der Waals surface area contributed by atoms with E-state index in [0.717, 1.165) is 62.8 Å². The van der Waals surface area contributed by atoms with Crippen LogP contribution in [0.25, 0.3) is 0 Å². The maximum atomic E-state index is 4.58. The van der Waals surface area contributed by atoms with Gasteiger partial charge in [0.05, 0.1) is 10.7 Å². The molecule has 0 radical (unpaired) electrons. The van der Waals surface area contributed by atoms with Crippen molar-refractivity contribution in [3.63, 3.8) is 0 Å². The van der Waals surface area contributed by atoms with Crippen LogP contribution in [0.3, 0.4) is 0 Å². The van der Waals surface area contributed by atoms with Gasteiger partial charge in [-0.15, -0.1) is 21.5 Å². The summed E-state index contributed by atoms with van der Waals surface area (Å²) in [6.07, 6.45) is 7.74. The summed E-state index contributed by atoms with van der Waals surface area (Å²) < 4.78 is 2.33. The number of aliphatic imine (C=N–C) groups is 1. The Balaban J connectivity index is 1.37. The van der Waals surface area contributed by atoms with Crippen LogP contribution in [0.1, 0.15) is 52.9 Å². The van der Waals surface area contributed by atoms with Crippen LogP contribution >= 0.6 is 11.3 Å². The number of hydrogen-bond acceptors (Lipinski definition) is 5. The SMILES string of the molecule is CN=C(NCCCc1nnc2n1CCCCC2)NCCc1nc(C)c(C)s1. The highest BCUT2D eigenvalue weighted by molar-refractivity contribution is 7.11. The summed E-state index contributed by atoms with van der Waals surface area (Å²) in [5.74, 6) is 3.15. The molecule has 8 heteroatoms. The van der Waals surface area contributed by atoms with E-state index in [-0.39, 0.29) is 0 Å². The minimum absolute atomic E-state index is 0.837. The molecule has 0 saturated heterocycles. The number of guanidine groups is 1. The number of aryl methyl sites for hydroxylation is 4. The van der Waals surface area contributed by atoms with Crippen molar-refractivity contribution in [1.82, 2.24) is 30.4 Å². The molecule has 2 aromatic heterocycles. The van der Waals surface area contributed by atoms with E-state index in [4.69, 9.17) is 0 Å².